The van der Waals surface area contributed by atoms with E-state index in [1.54, 1.807) is 0 Å². The summed E-state index contributed by atoms with van der Waals surface area (Å²) in [5.74, 6) is -6.11. The number of aliphatic hydroxyl groups is 2. The fraction of sp³-hybridized carbons (Fsp3) is 0.647. The van der Waals surface area contributed by atoms with Crippen molar-refractivity contribution in [2.75, 3.05) is 0 Å². The van der Waals surface area contributed by atoms with Crippen molar-refractivity contribution in [2.24, 2.45) is 5.73 Å². The van der Waals surface area contributed by atoms with Crippen molar-refractivity contribution in [1.29, 1.82) is 0 Å². The minimum atomic E-state index is -1.73. The summed E-state index contributed by atoms with van der Waals surface area (Å²) in [5, 5.41) is 36.9. The van der Waals surface area contributed by atoms with Crippen LogP contribution in [0.4, 0.5) is 0 Å². The summed E-state index contributed by atoms with van der Waals surface area (Å²) in [4.78, 5) is 70.5. The number of rotatable bonds is 12. The topological polar surface area (TPSA) is 237 Å². The molecule has 6 atom stereocenters. The highest BCUT2D eigenvalue weighted by molar-refractivity contribution is 5.96. The van der Waals surface area contributed by atoms with Crippen LogP contribution < -0.4 is 27.0 Å². The Kier molecular flexibility index (Phi) is 11.1. The number of hydrogen-bond acceptors (Lipinski definition) is 8. The SMILES string of the molecule is CC(=O)N[C@@H](C)C(=O)N[C@H](C(=O)N[C@@H](CC(N)=O)C(=O)N[C@H](C(=O)O)[C@@H](C)O)[C@@H](C)O. The second-order valence-corrected chi connectivity index (χ2v) is 6.95. The molecule has 0 aliphatic rings. The van der Waals surface area contributed by atoms with E-state index in [2.05, 4.69) is 16.0 Å². The summed E-state index contributed by atoms with van der Waals surface area (Å²) in [6, 6.07) is -6.01. The highest BCUT2D eigenvalue weighted by Crippen LogP contribution is 2.01. The Labute approximate surface area is 177 Å². The second kappa shape index (κ2) is 12.4. The van der Waals surface area contributed by atoms with Gasteiger partial charge in [0.05, 0.1) is 18.6 Å². The average molecular weight is 447 g/mol. The number of nitrogens with one attached hydrogen (secondary N) is 4. The third-order valence-electron chi connectivity index (χ3n) is 3.96. The highest BCUT2D eigenvalue weighted by atomic mass is 16.4. The lowest BCUT2D eigenvalue weighted by atomic mass is 10.1. The van der Waals surface area contributed by atoms with Crippen LogP contribution in [0, 0.1) is 0 Å². The third kappa shape index (κ3) is 9.86. The molecule has 0 aromatic carbocycles. The molecule has 0 saturated heterocycles. The Morgan fingerprint density at radius 3 is 1.65 bits per heavy atom. The minimum absolute atomic E-state index is 0.509. The molecule has 176 valence electrons. The number of aliphatic carboxylic acids is 1. The van der Waals surface area contributed by atoms with Crippen molar-refractivity contribution >= 4 is 35.5 Å². The van der Waals surface area contributed by atoms with Crippen molar-refractivity contribution in [2.45, 2.75) is 70.5 Å². The van der Waals surface area contributed by atoms with Gasteiger partial charge in [0.1, 0.15) is 18.1 Å². The zero-order valence-electron chi connectivity index (χ0n) is 17.5. The lowest BCUT2D eigenvalue weighted by molar-refractivity contribution is -0.145. The van der Waals surface area contributed by atoms with Crippen LogP contribution in [0.25, 0.3) is 0 Å². The van der Waals surface area contributed by atoms with Crippen LogP contribution >= 0.6 is 0 Å². The first-order valence-electron chi connectivity index (χ1n) is 9.22. The first kappa shape index (κ1) is 27.7. The number of carbonyl (C=O) groups excluding carboxylic acids is 5. The lowest BCUT2D eigenvalue weighted by Gasteiger charge is -2.26. The lowest BCUT2D eigenvalue weighted by Crippen LogP contribution is -2.61. The average Bonchev–Trinajstić information content (AvgIpc) is 2.60. The van der Waals surface area contributed by atoms with E-state index in [9.17, 15) is 39.0 Å². The fourth-order valence-electron chi connectivity index (χ4n) is 2.37. The molecular weight excluding hydrogens is 418 g/mol. The van der Waals surface area contributed by atoms with E-state index in [-0.39, 0.29) is 0 Å². The molecule has 0 fully saturated rings. The fourth-order valence-corrected chi connectivity index (χ4v) is 2.37. The van der Waals surface area contributed by atoms with Gasteiger partial charge < -0.3 is 42.3 Å². The van der Waals surface area contributed by atoms with E-state index in [0.29, 0.717) is 0 Å². The monoisotopic (exact) mass is 447 g/mol. The van der Waals surface area contributed by atoms with Gasteiger partial charge in [-0.05, 0) is 20.8 Å². The predicted molar refractivity (Wildman–Crippen MR) is 104 cm³/mol. The summed E-state index contributed by atoms with van der Waals surface area (Å²) in [6.07, 6.45) is -3.67. The van der Waals surface area contributed by atoms with Crippen LogP contribution in [0.3, 0.4) is 0 Å². The molecule has 9 N–H and O–H groups in total. The van der Waals surface area contributed by atoms with E-state index in [0.717, 1.165) is 6.92 Å². The van der Waals surface area contributed by atoms with Gasteiger partial charge >= 0.3 is 5.97 Å². The van der Waals surface area contributed by atoms with Crippen LogP contribution in [0.15, 0.2) is 0 Å². The Bertz CT molecular complexity index is 710. The molecule has 0 spiro atoms. The molecule has 0 aromatic heterocycles. The highest BCUT2D eigenvalue weighted by Gasteiger charge is 2.34. The van der Waals surface area contributed by atoms with Crippen molar-refractivity contribution in [3.05, 3.63) is 0 Å². The van der Waals surface area contributed by atoms with Gasteiger partial charge in [-0.25, -0.2) is 4.79 Å². The normalized spacial score (nSPS) is 16.5. The maximum atomic E-state index is 12.5. The molecule has 0 aliphatic carbocycles. The maximum Gasteiger partial charge on any atom is 0.328 e. The molecule has 14 heteroatoms. The first-order chi connectivity index (χ1) is 14.2. The molecular formula is C17H29N5O9. The summed E-state index contributed by atoms with van der Waals surface area (Å²) in [7, 11) is 0. The van der Waals surface area contributed by atoms with Gasteiger partial charge in [-0.15, -0.1) is 0 Å². The molecule has 31 heavy (non-hydrogen) atoms. The van der Waals surface area contributed by atoms with E-state index in [4.69, 9.17) is 10.8 Å². The Morgan fingerprint density at radius 2 is 1.26 bits per heavy atom. The number of carboxylic acids is 1. The third-order valence-corrected chi connectivity index (χ3v) is 3.96. The number of aliphatic hydroxyl groups excluding tert-OH is 2. The standard InChI is InChI=1S/C17H29N5O9/c1-6(19-9(4)25)14(27)21-12(7(2)23)16(29)20-10(5-11(18)26)15(28)22-13(8(3)24)17(30)31/h6-8,10,12-13,23-24H,5H2,1-4H3,(H2,18,26)(H,19,25)(H,20,29)(H,21,27)(H,22,28)(H,30,31)/t6-,7+,8+,10-,12-,13-/m0/s1. The molecule has 0 aromatic rings. The number of primary amides is 1. The van der Waals surface area contributed by atoms with E-state index in [1.807, 2.05) is 5.32 Å². The van der Waals surface area contributed by atoms with Crippen LogP contribution in [0.2, 0.25) is 0 Å². The van der Waals surface area contributed by atoms with Crippen LogP contribution in [-0.4, -0.2) is 87.2 Å². The number of nitrogens with two attached hydrogens (primary N) is 1. The predicted octanol–water partition coefficient (Wildman–Crippen LogP) is -4.31. The summed E-state index contributed by atoms with van der Waals surface area (Å²) < 4.78 is 0. The van der Waals surface area contributed by atoms with Gasteiger partial charge in [0.25, 0.3) is 0 Å². The number of hydrogen-bond donors (Lipinski definition) is 8. The quantitative estimate of drug-likeness (QED) is 0.144. The molecule has 0 radical (unpaired) electrons. The molecule has 14 nitrogen and oxygen atoms in total. The molecule has 0 unspecified atom stereocenters. The number of amides is 5. The summed E-state index contributed by atoms with van der Waals surface area (Å²) >= 11 is 0. The van der Waals surface area contributed by atoms with Crippen molar-refractivity contribution in [3.63, 3.8) is 0 Å². The van der Waals surface area contributed by atoms with Gasteiger partial charge in [0.15, 0.2) is 6.04 Å². The van der Waals surface area contributed by atoms with Crippen LogP contribution in [0.5, 0.6) is 0 Å². The zero-order chi connectivity index (χ0) is 24.5. The Balaban J connectivity index is 5.46. The van der Waals surface area contributed by atoms with Gasteiger partial charge in [-0.2, -0.15) is 0 Å². The summed E-state index contributed by atoms with van der Waals surface area (Å²) in [5.41, 5.74) is 5.06. The van der Waals surface area contributed by atoms with Crippen molar-refractivity contribution in [3.8, 4) is 0 Å². The molecule has 5 amide bonds. The molecule has 0 rings (SSSR count). The number of carbonyl (C=O) groups is 6. The van der Waals surface area contributed by atoms with Crippen LogP contribution in [0.1, 0.15) is 34.1 Å². The first-order valence-corrected chi connectivity index (χ1v) is 9.22. The maximum absolute atomic E-state index is 12.5. The number of carboxylic acid groups (broad SMARTS) is 1. The van der Waals surface area contributed by atoms with Crippen LogP contribution in [-0.2, 0) is 28.8 Å². The van der Waals surface area contributed by atoms with Crippen molar-refractivity contribution < 1.29 is 44.1 Å². The van der Waals surface area contributed by atoms with E-state index in [1.165, 1.54) is 20.8 Å². The Hall–Kier alpha value is -3.26. The van der Waals surface area contributed by atoms with Crippen molar-refractivity contribution in [1.82, 2.24) is 21.3 Å². The molecule has 0 bridgehead atoms. The van der Waals surface area contributed by atoms with Gasteiger partial charge in [-0.3, -0.25) is 24.0 Å². The van der Waals surface area contributed by atoms with E-state index >= 15 is 0 Å². The zero-order valence-corrected chi connectivity index (χ0v) is 17.5. The Morgan fingerprint density at radius 1 is 0.774 bits per heavy atom. The smallest absolute Gasteiger partial charge is 0.328 e. The minimum Gasteiger partial charge on any atom is -0.480 e. The van der Waals surface area contributed by atoms with Gasteiger partial charge in [0.2, 0.25) is 29.5 Å². The second-order valence-electron chi connectivity index (χ2n) is 6.95. The van der Waals surface area contributed by atoms with Gasteiger partial charge in [-0.1, -0.05) is 0 Å². The van der Waals surface area contributed by atoms with E-state index < -0.39 is 78.3 Å². The van der Waals surface area contributed by atoms with Gasteiger partial charge in [0, 0.05) is 6.92 Å². The molecule has 0 saturated carbocycles. The molecule has 0 heterocycles. The molecule has 0 aliphatic heterocycles. The largest absolute Gasteiger partial charge is 0.480 e. The summed E-state index contributed by atoms with van der Waals surface area (Å²) in [6.45, 7) is 4.78.